The smallest absolute Gasteiger partial charge is 0.119 e. The Hall–Kier alpha value is -0.730. The first-order valence-electron chi connectivity index (χ1n) is 4.93. The minimum Gasteiger partial charge on any atom is -0.489 e. The molecule has 76 valence electrons. The van der Waals surface area contributed by atoms with Crippen molar-refractivity contribution in [2.45, 2.75) is 31.4 Å². The van der Waals surface area contributed by atoms with Gasteiger partial charge >= 0.3 is 0 Å². The molecule has 1 aromatic rings. The number of halogens is 1. The van der Waals surface area contributed by atoms with E-state index in [2.05, 4.69) is 0 Å². The van der Waals surface area contributed by atoms with Crippen LogP contribution in [0.25, 0.3) is 0 Å². The molecule has 0 aliphatic heterocycles. The van der Waals surface area contributed by atoms with Crippen molar-refractivity contribution >= 4 is 11.6 Å². The highest BCUT2D eigenvalue weighted by Gasteiger charge is 2.25. The molecule has 3 heteroatoms. The Morgan fingerprint density at radius 1 is 1.21 bits per heavy atom. The van der Waals surface area contributed by atoms with Gasteiger partial charge in [-0.05, 0) is 43.5 Å². The van der Waals surface area contributed by atoms with Gasteiger partial charge in [-0.25, -0.2) is 0 Å². The van der Waals surface area contributed by atoms with E-state index in [-0.39, 0.29) is 12.1 Å². The van der Waals surface area contributed by atoms with Gasteiger partial charge in [0.1, 0.15) is 11.9 Å². The van der Waals surface area contributed by atoms with Crippen LogP contribution in [0.2, 0.25) is 5.02 Å². The van der Waals surface area contributed by atoms with E-state index in [4.69, 9.17) is 22.1 Å². The predicted molar refractivity (Wildman–Crippen MR) is 57.7 cm³/mol. The Bertz CT molecular complexity index is 299. The molecule has 0 aromatic heterocycles. The summed E-state index contributed by atoms with van der Waals surface area (Å²) in [6.07, 6.45) is 3.47. The summed E-state index contributed by atoms with van der Waals surface area (Å²) in [5.74, 6) is 0.858. The minimum absolute atomic E-state index is 0.177. The van der Waals surface area contributed by atoms with Gasteiger partial charge in [0, 0.05) is 11.1 Å². The molecule has 0 bridgehead atoms. The zero-order valence-corrected chi connectivity index (χ0v) is 8.70. The van der Waals surface area contributed by atoms with Crippen LogP contribution in [0.1, 0.15) is 19.3 Å². The molecule has 1 aromatic carbocycles. The second kappa shape index (κ2) is 4.20. The van der Waals surface area contributed by atoms with Crippen LogP contribution < -0.4 is 10.5 Å². The largest absolute Gasteiger partial charge is 0.489 e. The molecule has 1 aliphatic carbocycles. The van der Waals surface area contributed by atoms with E-state index in [0.717, 1.165) is 23.6 Å². The molecule has 2 rings (SSSR count). The number of ether oxygens (including phenoxy) is 1. The normalized spacial score (nSPS) is 26.4. The second-order valence-electron chi connectivity index (χ2n) is 3.70. The van der Waals surface area contributed by atoms with Gasteiger partial charge in [0.25, 0.3) is 0 Å². The zero-order chi connectivity index (χ0) is 9.97. The van der Waals surface area contributed by atoms with Gasteiger partial charge in [0.05, 0.1) is 0 Å². The number of hydrogen-bond acceptors (Lipinski definition) is 2. The van der Waals surface area contributed by atoms with Gasteiger partial charge in [0.2, 0.25) is 0 Å². The molecule has 0 radical (unpaired) electrons. The number of rotatable bonds is 2. The first-order valence-corrected chi connectivity index (χ1v) is 5.31. The van der Waals surface area contributed by atoms with Crippen molar-refractivity contribution < 1.29 is 4.74 Å². The van der Waals surface area contributed by atoms with E-state index < -0.39 is 0 Å². The van der Waals surface area contributed by atoms with Gasteiger partial charge in [-0.2, -0.15) is 0 Å². The first kappa shape index (κ1) is 9.81. The number of benzene rings is 1. The van der Waals surface area contributed by atoms with Crippen molar-refractivity contribution in [3.05, 3.63) is 29.3 Å². The van der Waals surface area contributed by atoms with Crippen LogP contribution in [0.3, 0.4) is 0 Å². The van der Waals surface area contributed by atoms with Gasteiger partial charge in [0.15, 0.2) is 0 Å². The van der Waals surface area contributed by atoms with Crippen molar-refractivity contribution in [2.75, 3.05) is 0 Å². The molecule has 2 atom stereocenters. The van der Waals surface area contributed by atoms with E-state index in [1.165, 1.54) is 6.42 Å². The van der Waals surface area contributed by atoms with E-state index in [1.54, 1.807) is 0 Å². The molecule has 2 nitrogen and oxygen atoms in total. The fourth-order valence-electron chi connectivity index (χ4n) is 1.79. The molecule has 0 amide bonds. The Kier molecular flexibility index (Phi) is 2.94. The summed E-state index contributed by atoms with van der Waals surface area (Å²) in [6, 6.07) is 7.61. The SMILES string of the molecule is NC1CCCC1Oc1ccc(Cl)cc1. The van der Waals surface area contributed by atoms with Crippen LogP contribution in [0.5, 0.6) is 5.75 Å². The maximum absolute atomic E-state index is 5.91. The Balaban J connectivity index is 2.00. The third-order valence-corrected chi connectivity index (χ3v) is 2.86. The van der Waals surface area contributed by atoms with E-state index in [1.807, 2.05) is 24.3 Å². The maximum Gasteiger partial charge on any atom is 0.119 e. The Morgan fingerprint density at radius 3 is 2.50 bits per heavy atom. The highest BCUT2D eigenvalue weighted by Crippen LogP contribution is 2.24. The van der Waals surface area contributed by atoms with Gasteiger partial charge in [-0.15, -0.1) is 0 Å². The Labute approximate surface area is 89.0 Å². The van der Waals surface area contributed by atoms with Gasteiger partial charge < -0.3 is 10.5 Å². The lowest BCUT2D eigenvalue weighted by molar-refractivity contribution is 0.191. The standard InChI is InChI=1S/C11H14ClNO/c12-8-4-6-9(7-5-8)14-11-3-1-2-10(11)13/h4-7,10-11H,1-3,13H2. The quantitative estimate of drug-likeness (QED) is 0.816. The summed E-state index contributed by atoms with van der Waals surface area (Å²) < 4.78 is 5.76. The van der Waals surface area contributed by atoms with Crippen molar-refractivity contribution in [3.8, 4) is 5.75 Å². The molecule has 0 heterocycles. The first-order chi connectivity index (χ1) is 6.75. The van der Waals surface area contributed by atoms with Crippen LogP contribution in [0.15, 0.2) is 24.3 Å². The van der Waals surface area contributed by atoms with Crippen LogP contribution in [-0.2, 0) is 0 Å². The summed E-state index contributed by atoms with van der Waals surface area (Å²) in [4.78, 5) is 0. The minimum atomic E-state index is 0.177. The highest BCUT2D eigenvalue weighted by molar-refractivity contribution is 6.30. The summed E-state index contributed by atoms with van der Waals surface area (Å²) in [7, 11) is 0. The molecule has 1 fully saturated rings. The van der Waals surface area contributed by atoms with Gasteiger partial charge in [-0.1, -0.05) is 11.6 Å². The van der Waals surface area contributed by atoms with E-state index in [0.29, 0.717) is 0 Å². The van der Waals surface area contributed by atoms with Crippen molar-refractivity contribution in [1.29, 1.82) is 0 Å². The third kappa shape index (κ3) is 2.20. The van der Waals surface area contributed by atoms with Crippen LogP contribution in [-0.4, -0.2) is 12.1 Å². The molecular formula is C11H14ClNO. The monoisotopic (exact) mass is 211 g/mol. The average molecular weight is 212 g/mol. The molecule has 0 spiro atoms. The van der Waals surface area contributed by atoms with Crippen LogP contribution >= 0.6 is 11.6 Å². The van der Waals surface area contributed by atoms with Crippen LogP contribution in [0, 0.1) is 0 Å². The topological polar surface area (TPSA) is 35.2 Å². The highest BCUT2D eigenvalue weighted by atomic mass is 35.5. The summed E-state index contributed by atoms with van der Waals surface area (Å²) in [6.45, 7) is 0. The molecule has 2 N–H and O–H groups in total. The van der Waals surface area contributed by atoms with Crippen LogP contribution in [0.4, 0.5) is 0 Å². The fourth-order valence-corrected chi connectivity index (χ4v) is 1.91. The predicted octanol–water partition coefficient (Wildman–Crippen LogP) is 2.60. The summed E-state index contributed by atoms with van der Waals surface area (Å²) in [5, 5.41) is 0.730. The zero-order valence-electron chi connectivity index (χ0n) is 7.95. The lowest BCUT2D eigenvalue weighted by Gasteiger charge is -2.17. The van der Waals surface area contributed by atoms with E-state index >= 15 is 0 Å². The van der Waals surface area contributed by atoms with Gasteiger partial charge in [-0.3, -0.25) is 0 Å². The molecule has 0 saturated heterocycles. The van der Waals surface area contributed by atoms with Crippen molar-refractivity contribution in [2.24, 2.45) is 5.73 Å². The lowest BCUT2D eigenvalue weighted by Crippen LogP contribution is -2.33. The van der Waals surface area contributed by atoms with E-state index in [9.17, 15) is 0 Å². The molecular weight excluding hydrogens is 198 g/mol. The summed E-state index contributed by atoms with van der Waals surface area (Å²) >= 11 is 5.78. The van der Waals surface area contributed by atoms with Crippen molar-refractivity contribution in [3.63, 3.8) is 0 Å². The molecule has 1 saturated carbocycles. The number of nitrogens with two attached hydrogens (primary N) is 1. The second-order valence-corrected chi connectivity index (χ2v) is 4.14. The average Bonchev–Trinajstić information content (AvgIpc) is 2.56. The maximum atomic E-state index is 5.91. The molecule has 14 heavy (non-hydrogen) atoms. The fraction of sp³-hybridized carbons (Fsp3) is 0.455. The molecule has 1 aliphatic rings. The third-order valence-electron chi connectivity index (χ3n) is 2.60. The lowest BCUT2D eigenvalue weighted by atomic mass is 10.2. The summed E-state index contributed by atoms with van der Waals surface area (Å²) in [5.41, 5.74) is 5.91. The molecule has 2 unspecified atom stereocenters. The Morgan fingerprint density at radius 2 is 1.93 bits per heavy atom. The van der Waals surface area contributed by atoms with Crippen molar-refractivity contribution in [1.82, 2.24) is 0 Å². The number of hydrogen-bond donors (Lipinski definition) is 1.